The zero-order valence-electron chi connectivity index (χ0n) is 12.7. The first kappa shape index (κ1) is 16.8. The fourth-order valence-corrected chi connectivity index (χ4v) is 3.47. The molecule has 122 valence electrons. The van der Waals surface area contributed by atoms with Crippen molar-refractivity contribution in [2.24, 2.45) is 0 Å². The van der Waals surface area contributed by atoms with E-state index in [0.717, 1.165) is 27.4 Å². The van der Waals surface area contributed by atoms with Crippen LogP contribution in [0.3, 0.4) is 0 Å². The van der Waals surface area contributed by atoms with Crippen molar-refractivity contribution in [3.05, 3.63) is 71.2 Å². The van der Waals surface area contributed by atoms with Crippen LogP contribution in [-0.4, -0.2) is 19.7 Å². The summed E-state index contributed by atoms with van der Waals surface area (Å²) >= 11 is 3.40. The number of sulfone groups is 1. The molecule has 0 aliphatic heterocycles. The Morgan fingerprint density at radius 3 is 2.25 bits per heavy atom. The van der Waals surface area contributed by atoms with Crippen molar-refractivity contribution in [1.29, 1.82) is 0 Å². The Labute approximate surface area is 148 Å². The van der Waals surface area contributed by atoms with Crippen LogP contribution in [0.1, 0.15) is 0 Å². The van der Waals surface area contributed by atoms with Crippen molar-refractivity contribution in [2.75, 3.05) is 6.26 Å². The summed E-state index contributed by atoms with van der Waals surface area (Å²) in [6.07, 6.45) is 4.30. The molecule has 3 rings (SSSR count). The summed E-state index contributed by atoms with van der Waals surface area (Å²) in [5, 5.41) is 0. The second-order valence-electron chi connectivity index (χ2n) is 5.35. The number of hydrogen-bond acceptors (Lipinski definition) is 3. The van der Waals surface area contributed by atoms with Gasteiger partial charge in [-0.2, -0.15) is 0 Å². The Bertz CT molecular complexity index is 1000. The zero-order chi connectivity index (χ0) is 17.3. The highest BCUT2D eigenvalue weighted by Gasteiger charge is 2.16. The van der Waals surface area contributed by atoms with E-state index in [2.05, 4.69) is 20.9 Å². The fourth-order valence-electron chi connectivity index (χ4n) is 2.47. The van der Waals surface area contributed by atoms with Crippen LogP contribution in [-0.2, 0) is 9.84 Å². The van der Waals surface area contributed by atoms with E-state index in [9.17, 15) is 12.8 Å². The average Bonchev–Trinajstić information content (AvgIpc) is 2.54. The number of nitrogens with zero attached hydrogens (tertiary/aromatic N) is 1. The van der Waals surface area contributed by atoms with Gasteiger partial charge in [-0.05, 0) is 47.0 Å². The molecule has 0 fully saturated rings. The van der Waals surface area contributed by atoms with E-state index in [0.29, 0.717) is 5.56 Å². The van der Waals surface area contributed by atoms with Crippen LogP contribution in [0.2, 0.25) is 0 Å². The van der Waals surface area contributed by atoms with E-state index in [1.54, 1.807) is 18.5 Å². The van der Waals surface area contributed by atoms with Crippen LogP contribution >= 0.6 is 15.9 Å². The molecule has 0 atom stereocenters. The molecule has 0 amide bonds. The molecule has 3 nitrogen and oxygen atoms in total. The standard InChI is InChI=1S/C18H13BrFNO2S/c1-24(22,23)18-7-4-13(10-17(18)20)16-11-21-9-8-15(16)12-2-5-14(19)6-3-12/h2-11H,1H3. The molecule has 6 heteroatoms. The minimum Gasteiger partial charge on any atom is -0.264 e. The zero-order valence-corrected chi connectivity index (χ0v) is 15.1. The summed E-state index contributed by atoms with van der Waals surface area (Å²) in [5.74, 6) is -0.763. The Morgan fingerprint density at radius 1 is 0.958 bits per heavy atom. The summed E-state index contributed by atoms with van der Waals surface area (Å²) in [7, 11) is -3.60. The first-order valence-corrected chi connectivity index (χ1v) is 9.74. The molecule has 0 aliphatic rings. The minimum absolute atomic E-state index is 0.305. The lowest BCUT2D eigenvalue weighted by Crippen LogP contribution is -2.01. The van der Waals surface area contributed by atoms with Crippen LogP contribution in [0.4, 0.5) is 4.39 Å². The molecule has 3 aromatic rings. The molecule has 24 heavy (non-hydrogen) atoms. The van der Waals surface area contributed by atoms with E-state index >= 15 is 0 Å². The molecule has 0 saturated carbocycles. The summed E-state index contributed by atoms with van der Waals surface area (Å²) < 4.78 is 38.3. The van der Waals surface area contributed by atoms with Crippen LogP contribution < -0.4 is 0 Å². The molecule has 0 aliphatic carbocycles. The number of pyridine rings is 1. The van der Waals surface area contributed by atoms with Gasteiger partial charge < -0.3 is 0 Å². The highest BCUT2D eigenvalue weighted by atomic mass is 79.9. The van der Waals surface area contributed by atoms with Gasteiger partial charge in [0.05, 0.1) is 0 Å². The van der Waals surface area contributed by atoms with Gasteiger partial charge in [0.2, 0.25) is 0 Å². The van der Waals surface area contributed by atoms with Crippen molar-refractivity contribution >= 4 is 25.8 Å². The predicted octanol–water partition coefficient (Wildman–Crippen LogP) is 4.72. The molecule has 1 aromatic heterocycles. The summed E-state index contributed by atoms with van der Waals surface area (Å²) in [6, 6.07) is 13.7. The first-order chi connectivity index (χ1) is 11.4. The number of rotatable bonds is 3. The van der Waals surface area contributed by atoms with Gasteiger partial charge in [-0.1, -0.05) is 34.1 Å². The summed E-state index contributed by atoms with van der Waals surface area (Å²) in [5.41, 5.74) is 3.16. The van der Waals surface area contributed by atoms with E-state index in [-0.39, 0.29) is 4.90 Å². The second-order valence-corrected chi connectivity index (χ2v) is 8.25. The first-order valence-electron chi connectivity index (χ1n) is 7.06. The van der Waals surface area contributed by atoms with Crippen LogP contribution in [0.15, 0.2) is 70.3 Å². The molecular weight excluding hydrogens is 393 g/mol. The van der Waals surface area contributed by atoms with Gasteiger partial charge in [-0.15, -0.1) is 0 Å². The largest absolute Gasteiger partial charge is 0.264 e. The summed E-state index contributed by atoms with van der Waals surface area (Å²) in [6.45, 7) is 0. The van der Waals surface area contributed by atoms with Crippen LogP contribution in [0.25, 0.3) is 22.3 Å². The van der Waals surface area contributed by atoms with E-state index in [1.807, 2.05) is 30.3 Å². The van der Waals surface area contributed by atoms with Crippen LogP contribution in [0.5, 0.6) is 0 Å². The lowest BCUT2D eigenvalue weighted by atomic mass is 9.96. The van der Waals surface area contributed by atoms with Gasteiger partial charge in [-0.25, -0.2) is 12.8 Å². The number of benzene rings is 2. The van der Waals surface area contributed by atoms with E-state index in [4.69, 9.17) is 0 Å². The smallest absolute Gasteiger partial charge is 0.178 e. The maximum atomic E-state index is 14.2. The maximum Gasteiger partial charge on any atom is 0.178 e. The van der Waals surface area contributed by atoms with Crippen molar-refractivity contribution in [3.63, 3.8) is 0 Å². The fraction of sp³-hybridized carbons (Fsp3) is 0.0556. The van der Waals surface area contributed by atoms with E-state index < -0.39 is 15.7 Å². The molecule has 0 spiro atoms. The topological polar surface area (TPSA) is 47.0 Å². The van der Waals surface area contributed by atoms with Gasteiger partial charge in [-0.3, -0.25) is 4.98 Å². The van der Waals surface area contributed by atoms with Crippen molar-refractivity contribution in [3.8, 4) is 22.3 Å². The molecule has 1 heterocycles. The van der Waals surface area contributed by atoms with Crippen molar-refractivity contribution < 1.29 is 12.8 Å². The van der Waals surface area contributed by atoms with Gasteiger partial charge in [0.1, 0.15) is 10.7 Å². The Hall–Kier alpha value is -2.05. The monoisotopic (exact) mass is 405 g/mol. The van der Waals surface area contributed by atoms with Gasteiger partial charge in [0.25, 0.3) is 0 Å². The third-order valence-corrected chi connectivity index (χ3v) is 5.28. The Balaban J connectivity index is 2.14. The predicted molar refractivity (Wildman–Crippen MR) is 95.9 cm³/mol. The third-order valence-electron chi connectivity index (χ3n) is 3.62. The maximum absolute atomic E-state index is 14.2. The number of hydrogen-bond donors (Lipinski definition) is 0. The number of aromatic nitrogens is 1. The molecule has 2 aromatic carbocycles. The molecule has 0 unspecified atom stereocenters. The normalized spacial score (nSPS) is 11.5. The average molecular weight is 406 g/mol. The minimum atomic E-state index is -3.60. The highest BCUT2D eigenvalue weighted by Crippen LogP contribution is 2.33. The highest BCUT2D eigenvalue weighted by molar-refractivity contribution is 9.10. The van der Waals surface area contributed by atoms with Crippen molar-refractivity contribution in [1.82, 2.24) is 4.98 Å². The molecular formula is C18H13BrFNO2S. The van der Waals surface area contributed by atoms with Crippen LogP contribution in [0, 0.1) is 5.82 Å². The summed E-state index contributed by atoms with van der Waals surface area (Å²) in [4.78, 5) is 3.81. The third kappa shape index (κ3) is 3.39. The molecule has 0 radical (unpaired) electrons. The van der Waals surface area contributed by atoms with Crippen molar-refractivity contribution in [2.45, 2.75) is 4.90 Å². The second kappa shape index (κ2) is 6.45. The SMILES string of the molecule is CS(=O)(=O)c1ccc(-c2cnccc2-c2ccc(Br)cc2)cc1F. The Kier molecular flexibility index (Phi) is 4.51. The lowest BCUT2D eigenvalue weighted by Gasteiger charge is -2.11. The van der Waals surface area contributed by atoms with Gasteiger partial charge in [0, 0.05) is 28.7 Å². The lowest BCUT2D eigenvalue weighted by molar-refractivity contribution is 0.571. The molecule has 0 bridgehead atoms. The number of halogens is 2. The Morgan fingerprint density at radius 2 is 1.62 bits per heavy atom. The van der Waals surface area contributed by atoms with Gasteiger partial charge in [0.15, 0.2) is 9.84 Å². The molecule has 0 N–H and O–H groups in total. The quantitative estimate of drug-likeness (QED) is 0.633. The van der Waals surface area contributed by atoms with E-state index in [1.165, 1.54) is 12.1 Å². The molecule has 0 saturated heterocycles. The van der Waals surface area contributed by atoms with Gasteiger partial charge >= 0.3 is 0 Å².